The van der Waals surface area contributed by atoms with E-state index in [1.165, 1.54) is 25.7 Å². The van der Waals surface area contributed by atoms with E-state index >= 15 is 0 Å². The Morgan fingerprint density at radius 3 is 2.68 bits per heavy atom. The van der Waals surface area contributed by atoms with Crippen LogP contribution < -0.4 is 10.6 Å². The van der Waals surface area contributed by atoms with Crippen molar-refractivity contribution >= 4 is 27.5 Å². The topological polar surface area (TPSA) is 41.1 Å². The summed E-state index contributed by atoms with van der Waals surface area (Å²) >= 11 is 3.42. The van der Waals surface area contributed by atoms with E-state index in [4.69, 9.17) is 0 Å². The Labute approximate surface area is 123 Å². The van der Waals surface area contributed by atoms with Gasteiger partial charge in [-0.25, -0.2) is 0 Å². The highest BCUT2D eigenvalue weighted by Gasteiger charge is 2.34. The number of hydrogen-bond acceptors (Lipinski definition) is 2. The van der Waals surface area contributed by atoms with Gasteiger partial charge in [0.25, 0.3) is 0 Å². The van der Waals surface area contributed by atoms with Crippen LogP contribution in [0.3, 0.4) is 0 Å². The lowest BCUT2D eigenvalue weighted by Gasteiger charge is -2.41. The van der Waals surface area contributed by atoms with Crippen molar-refractivity contribution in [2.45, 2.75) is 32.6 Å². The normalized spacial score (nSPS) is 16.7. The fraction of sp³-hybridized carbons (Fsp3) is 0.533. The summed E-state index contributed by atoms with van der Waals surface area (Å²) < 4.78 is 0.910. The van der Waals surface area contributed by atoms with E-state index in [2.05, 4.69) is 33.5 Å². The van der Waals surface area contributed by atoms with Crippen LogP contribution in [0.15, 0.2) is 28.7 Å². The Hall–Kier alpha value is -0.870. The highest BCUT2D eigenvalue weighted by Crippen LogP contribution is 2.42. The number of para-hydroxylation sites is 1. The molecule has 2 N–H and O–H groups in total. The van der Waals surface area contributed by atoms with Gasteiger partial charge in [-0.15, -0.1) is 0 Å². The van der Waals surface area contributed by atoms with E-state index in [0.29, 0.717) is 12.0 Å². The van der Waals surface area contributed by atoms with Gasteiger partial charge in [-0.1, -0.05) is 25.5 Å². The number of carbonyl (C=O) groups excluding carboxylic acids is 1. The zero-order valence-corrected chi connectivity index (χ0v) is 12.9. The van der Waals surface area contributed by atoms with Crippen molar-refractivity contribution in [2.24, 2.45) is 5.41 Å². The van der Waals surface area contributed by atoms with Crippen LogP contribution >= 0.6 is 15.9 Å². The Morgan fingerprint density at radius 2 is 2.11 bits per heavy atom. The molecule has 1 fully saturated rings. The molecule has 0 aromatic heterocycles. The van der Waals surface area contributed by atoms with Gasteiger partial charge in [0.2, 0.25) is 5.91 Å². The van der Waals surface area contributed by atoms with Crippen molar-refractivity contribution in [3.05, 3.63) is 28.7 Å². The quantitative estimate of drug-likeness (QED) is 0.840. The Bertz CT molecular complexity index is 438. The lowest BCUT2D eigenvalue weighted by molar-refractivity contribution is -0.115. The van der Waals surface area contributed by atoms with Crippen molar-refractivity contribution in [2.75, 3.05) is 18.4 Å². The Morgan fingerprint density at radius 1 is 1.37 bits per heavy atom. The monoisotopic (exact) mass is 324 g/mol. The molecule has 1 amide bonds. The summed E-state index contributed by atoms with van der Waals surface area (Å²) in [5.41, 5.74) is 1.27. The van der Waals surface area contributed by atoms with E-state index in [0.717, 1.165) is 16.7 Å². The van der Waals surface area contributed by atoms with Gasteiger partial charge in [0.1, 0.15) is 0 Å². The summed E-state index contributed by atoms with van der Waals surface area (Å²) in [4.78, 5) is 11.9. The van der Waals surface area contributed by atoms with Crippen LogP contribution in [0.5, 0.6) is 0 Å². The number of anilines is 1. The van der Waals surface area contributed by atoms with Gasteiger partial charge in [-0.05, 0) is 52.7 Å². The molecule has 0 aliphatic heterocycles. The first-order chi connectivity index (χ1) is 9.15. The average Bonchev–Trinajstić information content (AvgIpc) is 2.35. The molecule has 1 aliphatic rings. The number of hydrogen-bond donors (Lipinski definition) is 2. The van der Waals surface area contributed by atoms with Gasteiger partial charge in [0, 0.05) is 11.0 Å². The molecular formula is C15H21BrN2O. The zero-order chi connectivity index (χ0) is 13.7. The summed E-state index contributed by atoms with van der Waals surface area (Å²) in [5, 5.41) is 6.19. The summed E-state index contributed by atoms with van der Waals surface area (Å²) in [5.74, 6) is 0.0116. The molecule has 0 atom stereocenters. The van der Waals surface area contributed by atoms with Gasteiger partial charge >= 0.3 is 0 Å². The molecule has 0 radical (unpaired) electrons. The Kier molecular flexibility index (Phi) is 4.99. The van der Waals surface area contributed by atoms with Crippen molar-refractivity contribution in [1.29, 1.82) is 0 Å². The maximum Gasteiger partial charge on any atom is 0.238 e. The van der Waals surface area contributed by atoms with Crippen LogP contribution in [0.25, 0.3) is 0 Å². The van der Waals surface area contributed by atoms with E-state index in [1.807, 2.05) is 24.3 Å². The smallest absolute Gasteiger partial charge is 0.238 e. The maximum atomic E-state index is 11.9. The fourth-order valence-electron chi connectivity index (χ4n) is 2.53. The average molecular weight is 325 g/mol. The first-order valence-corrected chi connectivity index (χ1v) is 7.70. The predicted octanol–water partition coefficient (Wildman–Crippen LogP) is 3.56. The molecule has 1 aliphatic carbocycles. The van der Waals surface area contributed by atoms with Crippen LogP contribution in [0.1, 0.15) is 32.6 Å². The van der Waals surface area contributed by atoms with Crippen LogP contribution in [0, 0.1) is 5.41 Å². The number of nitrogens with one attached hydrogen (secondary N) is 2. The lowest BCUT2D eigenvalue weighted by atomic mass is 9.67. The molecule has 0 spiro atoms. The minimum atomic E-state index is 0.0116. The first-order valence-electron chi connectivity index (χ1n) is 6.90. The molecule has 0 saturated heterocycles. The molecule has 19 heavy (non-hydrogen) atoms. The van der Waals surface area contributed by atoms with Crippen molar-refractivity contribution < 1.29 is 4.79 Å². The van der Waals surface area contributed by atoms with E-state index in [9.17, 15) is 4.79 Å². The van der Waals surface area contributed by atoms with Crippen molar-refractivity contribution in [3.8, 4) is 0 Å². The molecule has 4 heteroatoms. The predicted molar refractivity (Wildman–Crippen MR) is 82.2 cm³/mol. The van der Waals surface area contributed by atoms with E-state index in [1.54, 1.807) is 0 Å². The second-order valence-electron chi connectivity index (χ2n) is 5.34. The van der Waals surface area contributed by atoms with Crippen LogP contribution in [-0.2, 0) is 4.79 Å². The summed E-state index contributed by atoms with van der Waals surface area (Å²) in [6.07, 6.45) is 5.12. The number of benzene rings is 1. The van der Waals surface area contributed by atoms with Crippen molar-refractivity contribution in [1.82, 2.24) is 5.32 Å². The second-order valence-corrected chi connectivity index (χ2v) is 6.19. The molecule has 1 aromatic rings. The maximum absolute atomic E-state index is 11.9. The van der Waals surface area contributed by atoms with Gasteiger partial charge in [0.15, 0.2) is 0 Å². The minimum absolute atomic E-state index is 0.0116. The van der Waals surface area contributed by atoms with E-state index in [-0.39, 0.29) is 5.91 Å². The number of rotatable bonds is 6. The van der Waals surface area contributed by atoms with Crippen LogP contribution in [-0.4, -0.2) is 19.0 Å². The third kappa shape index (κ3) is 3.80. The third-order valence-electron chi connectivity index (χ3n) is 4.10. The zero-order valence-electron chi connectivity index (χ0n) is 11.3. The van der Waals surface area contributed by atoms with Crippen LogP contribution in [0.2, 0.25) is 0 Å². The molecule has 2 rings (SSSR count). The van der Waals surface area contributed by atoms with Gasteiger partial charge in [-0.2, -0.15) is 0 Å². The number of carbonyl (C=O) groups is 1. The summed E-state index contributed by atoms with van der Waals surface area (Å²) in [7, 11) is 0. The first kappa shape index (κ1) is 14.5. The lowest BCUT2D eigenvalue weighted by Crippen LogP contribution is -2.41. The molecule has 1 aromatic carbocycles. The largest absolute Gasteiger partial charge is 0.324 e. The standard InChI is InChI=1S/C15H21BrN2O/c1-2-15(8-5-9-15)11-17-10-14(19)18-13-7-4-3-6-12(13)16/h3-4,6-7,17H,2,5,8-11H2,1H3,(H,18,19). The second kappa shape index (κ2) is 6.53. The molecule has 3 nitrogen and oxygen atoms in total. The number of halogens is 1. The Balaban J connectivity index is 1.75. The molecule has 104 valence electrons. The highest BCUT2D eigenvalue weighted by molar-refractivity contribution is 9.10. The third-order valence-corrected chi connectivity index (χ3v) is 4.79. The van der Waals surface area contributed by atoms with Crippen LogP contribution in [0.4, 0.5) is 5.69 Å². The fourth-order valence-corrected chi connectivity index (χ4v) is 2.91. The molecule has 0 heterocycles. The SMILES string of the molecule is CCC1(CNCC(=O)Nc2ccccc2Br)CCC1. The van der Waals surface area contributed by atoms with Gasteiger partial charge in [-0.3, -0.25) is 4.79 Å². The molecule has 0 bridgehead atoms. The van der Waals surface area contributed by atoms with Gasteiger partial charge in [0.05, 0.1) is 12.2 Å². The molecule has 1 saturated carbocycles. The van der Waals surface area contributed by atoms with Gasteiger partial charge < -0.3 is 10.6 Å². The molecule has 0 unspecified atom stereocenters. The van der Waals surface area contributed by atoms with Crippen molar-refractivity contribution in [3.63, 3.8) is 0 Å². The highest BCUT2D eigenvalue weighted by atomic mass is 79.9. The summed E-state index contributed by atoms with van der Waals surface area (Å²) in [6, 6.07) is 7.65. The summed E-state index contributed by atoms with van der Waals surface area (Å²) in [6.45, 7) is 3.57. The van der Waals surface area contributed by atoms with E-state index < -0.39 is 0 Å². The number of amides is 1. The molecular weight excluding hydrogens is 304 g/mol. The minimum Gasteiger partial charge on any atom is -0.324 e.